The molecule has 1 aliphatic rings. The van der Waals surface area contributed by atoms with Gasteiger partial charge >= 0.3 is 0 Å². The number of hydrogen-bond donors (Lipinski definition) is 2. The Labute approximate surface area is 111 Å². The van der Waals surface area contributed by atoms with Crippen molar-refractivity contribution in [1.82, 2.24) is 15.2 Å². The third-order valence-corrected chi connectivity index (χ3v) is 4.70. The van der Waals surface area contributed by atoms with E-state index in [2.05, 4.69) is 22.1 Å². The molecule has 5 heteroatoms. The van der Waals surface area contributed by atoms with Crippen LogP contribution in [0, 0.1) is 6.92 Å². The van der Waals surface area contributed by atoms with E-state index in [0.29, 0.717) is 5.92 Å². The summed E-state index contributed by atoms with van der Waals surface area (Å²) in [5.74, 6) is 2.42. The molecule has 3 N–H and O–H groups in total. The van der Waals surface area contributed by atoms with Crippen molar-refractivity contribution in [2.75, 3.05) is 5.73 Å². The number of nitrogen functional groups attached to an aromatic ring is 1. The molecule has 0 spiro atoms. The van der Waals surface area contributed by atoms with Crippen molar-refractivity contribution in [3.8, 4) is 10.7 Å². The highest BCUT2D eigenvalue weighted by Crippen LogP contribution is 2.34. The summed E-state index contributed by atoms with van der Waals surface area (Å²) >= 11 is 1.56. The van der Waals surface area contributed by atoms with Crippen molar-refractivity contribution in [3.05, 3.63) is 17.5 Å². The van der Waals surface area contributed by atoms with Gasteiger partial charge in [0.1, 0.15) is 5.82 Å². The van der Waals surface area contributed by atoms with Crippen LogP contribution in [-0.2, 0) is 0 Å². The summed E-state index contributed by atoms with van der Waals surface area (Å²) in [6, 6.07) is 1.98. The van der Waals surface area contributed by atoms with Crippen molar-refractivity contribution in [1.29, 1.82) is 0 Å². The number of rotatable bonds is 2. The third kappa shape index (κ3) is 2.14. The van der Waals surface area contributed by atoms with Gasteiger partial charge in [-0.3, -0.25) is 5.10 Å². The van der Waals surface area contributed by atoms with Crippen LogP contribution in [0.15, 0.2) is 6.07 Å². The quantitative estimate of drug-likeness (QED) is 0.870. The lowest BCUT2D eigenvalue weighted by Gasteiger charge is -2.18. The number of H-pyrrole nitrogens is 1. The highest BCUT2D eigenvalue weighted by Gasteiger charge is 2.20. The van der Waals surface area contributed by atoms with Crippen molar-refractivity contribution in [2.24, 2.45) is 0 Å². The van der Waals surface area contributed by atoms with E-state index in [-0.39, 0.29) is 0 Å². The number of nitrogens with one attached hydrogen (secondary N) is 1. The summed E-state index contributed by atoms with van der Waals surface area (Å²) in [5.41, 5.74) is 6.98. The number of nitrogens with two attached hydrogens (primary N) is 1. The molecular weight excluding hydrogens is 244 g/mol. The number of aryl methyl sites for hydroxylation is 1. The molecule has 0 atom stereocenters. The first-order chi connectivity index (χ1) is 8.74. The molecule has 1 saturated carbocycles. The first-order valence-corrected chi connectivity index (χ1v) is 7.34. The van der Waals surface area contributed by atoms with Crippen molar-refractivity contribution in [3.63, 3.8) is 0 Å². The maximum atomic E-state index is 5.82. The van der Waals surface area contributed by atoms with Gasteiger partial charge in [0.25, 0.3) is 0 Å². The number of aromatic amines is 1. The molecule has 0 bridgehead atoms. The van der Waals surface area contributed by atoms with Gasteiger partial charge in [-0.1, -0.05) is 19.3 Å². The fourth-order valence-corrected chi connectivity index (χ4v) is 3.54. The van der Waals surface area contributed by atoms with Crippen LogP contribution < -0.4 is 5.73 Å². The van der Waals surface area contributed by atoms with Gasteiger partial charge in [0.05, 0.1) is 9.88 Å². The standard InChI is InChI=1S/C13H18N4S/c1-8-7-10(14)18-11(8)13-15-12(16-17-13)9-5-3-2-4-6-9/h7,9H,2-6,14H2,1H3,(H,15,16,17). The van der Waals surface area contributed by atoms with Gasteiger partial charge in [-0.05, 0) is 31.4 Å². The second-order valence-electron chi connectivity index (χ2n) is 5.04. The summed E-state index contributed by atoms with van der Waals surface area (Å²) < 4.78 is 0. The molecule has 4 nitrogen and oxygen atoms in total. The fraction of sp³-hybridized carbons (Fsp3) is 0.538. The van der Waals surface area contributed by atoms with Crippen LogP contribution in [0.3, 0.4) is 0 Å². The fourth-order valence-electron chi connectivity index (χ4n) is 2.66. The Kier molecular flexibility index (Phi) is 3.07. The molecule has 2 aromatic rings. The van der Waals surface area contributed by atoms with Gasteiger partial charge in [0, 0.05) is 5.92 Å². The van der Waals surface area contributed by atoms with Crippen LogP contribution in [-0.4, -0.2) is 15.2 Å². The summed E-state index contributed by atoms with van der Waals surface area (Å²) in [6.45, 7) is 2.05. The van der Waals surface area contributed by atoms with Crippen molar-refractivity contribution >= 4 is 16.3 Å². The van der Waals surface area contributed by atoms with E-state index in [0.717, 1.165) is 27.1 Å². The lowest BCUT2D eigenvalue weighted by molar-refractivity contribution is 0.429. The predicted octanol–water partition coefficient (Wildman–Crippen LogP) is 3.47. The molecule has 18 heavy (non-hydrogen) atoms. The SMILES string of the molecule is Cc1cc(N)sc1-c1n[nH]c(C2CCCCC2)n1. The van der Waals surface area contributed by atoms with Crippen LogP contribution in [0.5, 0.6) is 0 Å². The number of nitrogens with zero attached hydrogens (tertiary/aromatic N) is 2. The zero-order valence-corrected chi connectivity index (χ0v) is 11.4. The third-order valence-electron chi connectivity index (χ3n) is 3.63. The molecule has 1 fully saturated rings. The maximum Gasteiger partial charge on any atom is 0.191 e. The van der Waals surface area contributed by atoms with Gasteiger partial charge in [-0.25, -0.2) is 4.98 Å². The Morgan fingerprint density at radius 1 is 1.33 bits per heavy atom. The smallest absolute Gasteiger partial charge is 0.191 e. The lowest BCUT2D eigenvalue weighted by Crippen LogP contribution is -2.06. The Morgan fingerprint density at radius 3 is 2.78 bits per heavy atom. The highest BCUT2D eigenvalue weighted by molar-refractivity contribution is 7.19. The first-order valence-electron chi connectivity index (χ1n) is 6.52. The normalized spacial score (nSPS) is 17.2. The number of thiophene rings is 1. The molecule has 0 radical (unpaired) electrons. The molecule has 3 rings (SSSR count). The minimum Gasteiger partial charge on any atom is -0.391 e. The summed E-state index contributed by atoms with van der Waals surface area (Å²) in [7, 11) is 0. The van der Waals surface area contributed by atoms with Gasteiger partial charge in [-0.15, -0.1) is 11.3 Å². The highest BCUT2D eigenvalue weighted by atomic mass is 32.1. The zero-order valence-electron chi connectivity index (χ0n) is 10.6. The van der Waals surface area contributed by atoms with Crippen LogP contribution in [0.25, 0.3) is 10.7 Å². The van der Waals surface area contributed by atoms with E-state index in [9.17, 15) is 0 Å². The summed E-state index contributed by atoms with van der Waals surface area (Å²) in [5, 5.41) is 8.30. The minimum absolute atomic E-state index is 0.567. The van der Waals surface area contributed by atoms with E-state index in [1.54, 1.807) is 11.3 Å². The molecule has 0 saturated heterocycles. The maximum absolute atomic E-state index is 5.82. The molecule has 0 aliphatic heterocycles. The van der Waals surface area contributed by atoms with E-state index >= 15 is 0 Å². The largest absolute Gasteiger partial charge is 0.391 e. The second kappa shape index (κ2) is 4.72. The second-order valence-corrected chi connectivity index (χ2v) is 6.12. The molecule has 2 heterocycles. The zero-order chi connectivity index (χ0) is 12.5. The van der Waals surface area contributed by atoms with Crippen LogP contribution in [0.1, 0.15) is 49.4 Å². The molecule has 0 unspecified atom stereocenters. The van der Waals surface area contributed by atoms with E-state index < -0.39 is 0 Å². The van der Waals surface area contributed by atoms with E-state index in [4.69, 9.17) is 5.73 Å². The molecule has 0 amide bonds. The van der Waals surface area contributed by atoms with Crippen molar-refractivity contribution < 1.29 is 0 Å². The Bertz CT molecular complexity index is 537. The minimum atomic E-state index is 0.567. The Hall–Kier alpha value is -1.36. The van der Waals surface area contributed by atoms with E-state index in [1.807, 2.05) is 6.07 Å². The van der Waals surface area contributed by atoms with Crippen LogP contribution >= 0.6 is 11.3 Å². The number of hydrogen-bond acceptors (Lipinski definition) is 4. The summed E-state index contributed by atoms with van der Waals surface area (Å²) in [4.78, 5) is 5.76. The monoisotopic (exact) mass is 262 g/mol. The van der Waals surface area contributed by atoms with Crippen molar-refractivity contribution in [2.45, 2.75) is 44.9 Å². The average molecular weight is 262 g/mol. The molecule has 96 valence electrons. The van der Waals surface area contributed by atoms with Gasteiger partial charge in [0.2, 0.25) is 0 Å². The topological polar surface area (TPSA) is 67.6 Å². The molecule has 1 aliphatic carbocycles. The average Bonchev–Trinajstić information content (AvgIpc) is 2.97. The van der Waals surface area contributed by atoms with Crippen LogP contribution in [0.4, 0.5) is 5.00 Å². The predicted molar refractivity (Wildman–Crippen MR) is 74.7 cm³/mol. The van der Waals surface area contributed by atoms with Gasteiger partial charge in [0.15, 0.2) is 5.82 Å². The Balaban J connectivity index is 1.86. The van der Waals surface area contributed by atoms with Gasteiger partial charge < -0.3 is 5.73 Å². The molecule has 0 aromatic carbocycles. The molecule has 2 aromatic heterocycles. The summed E-state index contributed by atoms with van der Waals surface area (Å²) in [6.07, 6.45) is 6.45. The van der Waals surface area contributed by atoms with Crippen LogP contribution in [0.2, 0.25) is 0 Å². The Morgan fingerprint density at radius 2 is 2.11 bits per heavy atom. The number of anilines is 1. The lowest BCUT2D eigenvalue weighted by atomic mass is 9.89. The van der Waals surface area contributed by atoms with Gasteiger partial charge in [-0.2, -0.15) is 5.10 Å². The first kappa shape index (κ1) is 11.7. The van der Waals surface area contributed by atoms with E-state index in [1.165, 1.54) is 32.1 Å². The molecular formula is C13H18N4S. The number of aromatic nitrogens is 3.